The quantitative estimate of drug-likeness (QED) is 0.374. The molecular formula is C28H21N5OS. The van der Waals surface area contributed by atoms with Crippen LogP contribution in [-0.4, -0.2) is 31.5 Å². The van der Waals surface area contributed by atoms with E-state index in [1.165, 1.54) is 27.5 Å². The fourth-order valence-corrected chi connectivity index (χ4v) is 5.39. The number of carbonyl (C=O) groups is 1. The number of aromatic nitrogens is 1. The highest BCUT2D eigenvalue weighted by Crippen LogP contribution is 2.32. The van der Waals surface area contributed by atoms with Gasteiger partial charge in [0.05, 0.1) is 5.57 Å². The van der Waals surface area contributed by atoms with Gasteiger partial charge in [-0.3, -0.25) is 10.2 Å². The molecule has 6 nitrogen and oxygen atoms in total. The van der Waals surface area contributed by atoms with E-state index in [1.807, 2.05) is 62.4 Å². The molecule has 170 valence electrons. The Morgan fingerprint density at radius 1 is 0.914 bits per heavy atom. The molecule has 4 aromatic rings. The van der Waals surface area contributed by atoms with Crippen LogP contribution in [-0.2, 0) is 4.79 Å². The maximum absolute atomic E-state index is 12.9. The van der Waals surface area contributed by atoms with Gasteiger partial charge >= 0.3 is 0 Å². The summed E-state index contributed by atoms with van der Waals surface area (Å²) in [6, 6.07) is 26.4. The average Bonchev–Trinajstić information content (AvgIpc) is 3.42. The van der Waals surface area contributed by atoms with E-state index in [4.69, 9.17) is 5.41 Å². The summed E-state index contributed by atoms with van der Waals surface area (Å²) in [6.07, 6.45) is 1.76. The van der Waals surface area contributed by atoms with Crippen LogP contribution >= 0.6 is 11.8 Å². The van der Waals surface area contributed by atoms with E-state index < -0.39 is 5.91 Å². The van der Waals surface area contributed by atoms with E-state index in [-0.39, 0.29) is 11.4 Å². The zero-order valence-corrected chi connectivity index (χ0v) is 20.0. The molecule has 2 aliphatic heterocycles. The van der Waals surface area contributed by atoms with Crippen molar-refractivity contribution in [3.05, 3.63) is 107 Å². The predicted octanol–water partition coefficient (Wildman–Crippen LogP) is 5.91. The van der Waals surface area contributed by atoms with E-state index >= 15 is 0 Å². The first-order valence-electron chi connectivity index (χ1n) is 11.2. The van der Waals surface area contributed by atoms with Gasteiger partial charge in [-0.2, -0.15) is 15.1 Å². The molecular weight excluding hydrogens is 454 g/mol. The van der Waals surface area contributed by atoms with Gasteiger partial charge in [0, 0.05) is 22.6 Å². The number of amidine groups is 2. The van der Waals surface area contributed by atoms with Gasteiger partial charge in [-0.25, -0.2) is 0 Å². The van der Waals surface area contributed by atoms with Crippen molar-refractivity contribution in [3.63, 3.8) is 0 Å². The molecule has 7 heteroatoms. The topological polar surface area (TPSA) is 73.8 Å². The highest BCUT2D eigenvalue weighted by atomic mass is 32.2. The Bertz CT molecular complexity index is 1630. The number of benzene rings is 3. The molecule has 1 N–H and O–H groups in total. The van der Waals surface area contributed by atoms with Crippen LogP contribution in [0.4, 0.5) is 0 Å². The summed E-state index contributed by atoms with van der Waals surface area (Å²) in [5, 5.41) is 18.2. The monoisotopic (exact) mass is 475 g/mol. The molecule has 0 fully saturated rings. The van der Waals surface area contributed by atoms with Crippen LogP contribution in [0.15, 0.2) is 94.5 Å². The smallest absolute Gasteiger partial charge is 0.283 e. The largest absolute Gasteiger partial charge is 0.318 e. The van der Waals surface area contributed by atoms with Crippen LogP contribution in [0.2, 0.25) is 0 Å². The first-order chi connectivity index (χ1) is 17.0. The number of nitrogens with zero attached hydrogens (tertiary/aromatic N) is 4. The molecule has 0 radical (unpaired) electrons. The lowest BCUT2D eigenvalue weighted by atomic mass is 10.1. The van der Waals surface area contributed by atoms with Crippen molar-refractivity contribution in [2.45, 2.75) is 13.8 Å². The Balaban J connectivity index is 1.37. The minimum Gasteiger partial charge on any atom is -0.318 e. The van der Waals surface area contributed by atoms with Gasteiger partial charge in [-0.15, -0.1) is 0 Å². The standard InChI is InChI=1S/C28H21N5OS/c1-17-14-22(18(2)32(17)23-13-12-19-8-6-7-11-21(19)15-23)16-24-25(29)33-28(30-26(24)34)35-27(31-33)20-9-4-3-5-10-20/h3-16,29H,1-2H3. The number of fused-ring (bicyclic) bond motifs is 2. The zero-order chi connectivity index (χ0) is 24.1. The van der Waals surface area contributed by atoms with Crippen molar-refractivity contribution in [2.75, 3.05) is 0 Å². The molecule has 0 atom stereocenters. The lowest BCUT2D eigenvalue weighted by Crippen LogP contribution is -2.35. The summed E-state index contributed by atoms with van der Waals surface area (Å²) in [5.74, 6) is -0.386. The van der Waals surface area contributed by atoms with E-state index in [1.54, 1.807) is 6.08 Å². The molecule has 35 heavy (non-hydrogen) atoms. The Kier molecular flexibility index (Phi) is 5.00. The Hall–Kier alpha value is -4.23. The second kappa shape index (κ2) is 8.21. The number of thioether (sulfide) groups is 1. The normalized spacial score (nSPS) is 16.6. The van der Waals surface area contributed by atoms with Crippen molar-refractivity contribution < 1.29 is 4.79 Å². The molecule has 1 amide bonds. The van der Waals surface area contributed by atoms with Crippen LogP contribution in [0.25, 0.3) is 22.5 Å². The number of aryl methyl sites for hydroxylation is 1. The number of amides is 1. The maximum atomic E-state index is 12.9. The number of hydrogen-bond acceptors (Lipinski definition) is 4. The fourth-order valence-electron chi connectivity index (χ4n) is 4.49. The second-order valence-electron chi connectivity index (χ2n) is 8.48. The first kappa shape index (κ1) is 21.3. The Morgan fingerprint density at radius 2 is 1.66 bits per heavy atom. The number of nitrogens with one attached hydrogen (secondary N) is 1. The second-order valence-corrected chi connectivity index (χ2v) is 9.44. The van der Waals surface area contributed by atoms with Gasteiger partial charge in [0.2, 0.25) is 5.17 Å². The van der Waals surface area contributed by atoms with Crippen molar-refractivity contribution >= 4 is 50.6 Å². The minimum absolute atomic E-state index is 0.0361. The summed E-state index contributed by atoms with van der Waals surface area (Å²) in [7, 11) is 0. The predicted molar refractivity (Wildman–Crippen MR) is 143 cm³/mol. The molecule has 0 unspecified atom stereocenters. The number of carbonyl (C=O) groups excluding carboxylic acids is 1. The average molecular weight is 476 g/mol. The van der Waals surface area contributed by atoms with Crippen LogP contribution < -0.4 is 0 Å². The van der Waals surface area contributed by atoms with Gasteiger partial charge in [0.25, 0.3) is 5.91 Å². The number of hydrazone groups is 1. The third kappa shape index (κ3) is 3.61. The van der Waals surface area contributed by atoms with Crippen LogP contribution in [0.5, 0.6) is 0 Å². The molecule has 0 bridgehead atoms. The zero-order valence-electron chi connectivity index (χ0n) is 19.2. The summed E-state index contributed by atoms with van der Waals surface area (Å²) in [6.45, 7) is 4.07. The summed E-state index contributed by atoms with van der Waals surface area (Å²) >= 11 is 1.30. The van der Waals surface area contributed by atoms with Crippen molar-refractivity contribution in [3.8, 4) is 5.69 Å². The third-order valence-corrected chi connectivity index (χ3v) is 7.19. The van der Waals surface area contributed by atoms with Gasteiger partial charge in [-0.05, 0) is 66.2 Å². The molecule has 6 rings (SSSR count). The molecule has 1 aromatic heterocycles. The maximum Gasteiger partial charge on any atom is 0.283 e. The number of rotatable bonds is 3. The van der Waals surface area contributed by atoms with Crippen molar-refractivity contribution in [1.29, 1.82) is 5.41 Å². The van der Waals surface area contributed by atoms with Crippen molar-refractivity contribution in [2.24, 2.45) is 10.1 Å². The molecule has 0 saturated heterocycles. The van der Waals surface area contributed by atoms with Gasteiger partial charge < -0.3 is 4.57 Å². The molecule has 3 heterocycles. The number of aliphatic imine (C=N–C) groups is 1. The minimum atomic E-state index is -0.422. The SMILES string of the molecule is Cc1cc(C=C2C(=N)N3N=C(c4ccccc4)SC3=NC2=O)c(C)n1-c1ccc2ccccc2c1. The van der Waals surface area contributed by atoms with Crippen LogP contribution in [0, 0.1) is 19.3 Å². The fraction of sp³-hybridized carbons (Fsp3) is 0.0714. The van der Waals surface area contributed by atoms with E-state index in [2.05, 4.69) is 45.0 Å². The molecule has 0 aliphatic carbocycles. The molecule has 2 aliphatic rings. The molecule has 0 saturated carbocycles. The van der Waals surface area contributed by atoms with Crippen LogP contribution in [0.3, 0.4) is 0 Å². The van der Waals surface area contributed by atoms with E-state index in [0.717, 1.165) is 33.2 Å². The first-order valence-corrected chi connectivity index (χ1v) is 12.0. The highest BCUT2D eigenvalue weighted by Gasteiger charge is 2.36. The van der Waals surface area contributed by atoms with Crippen molar-refractivity contribution in [1.82, 2.24) is 9.58 Å². The lowest BCUT2D eigenvalue weighted by molar-refractivity contribution is -0.114. The Labute approximate surface area is 206 Å². The summed E-state index contributed by atoms with van der Waals surface area (Å²) < 4.78 is 2.17. The van der Waals surface area contributed by atoms with E-state index in [9.17, 15) is 4.79 Å². The van der Waals surface area contributed by atoms with Crippen LogP contribution in [0.1, 0.15) is 22.5 Å². The summed E-state index contributed by atoms with van der Waals surface area (Å²) in [4.78, 5) is 17.2. The lowest BCUT2D eigenvalue weighted by Gasteiger charge is -2.20. The highest BCUT2D eigenvalue weighted by molar-refractivity contribution is 8.27. The van der Waals surface area contributed by atoms with E-state index in [0.29, 0.717) is 5.17 Å². The van der Waals surface area contributed by atoms with Gasteiger partial charge in [0.1, 0.15) is 5.04 Å². The van der Waals surface area contributed by atoms with Gasteiger partial charge in [-0.1, -0.05) is 60.7 Å². The van der Waals surface area contributed by atoms with Gasteiger partial charge in [0.15, 0.2) is 5.84 Å². The third-order valence-electron chi connectivity index (χ3n) is 6.24. The number of hydrogen-bond donors (Lipinski definition) is 1. The molecule has 3 aromatic carbocycles. The summed E-state index contributed by atoms with van der Waals surface area (Å²) in [5.41, 5.74) is 5.13. The Morgan fingerprint density at radius 3 is 2.46 bits per heavy atom. The molecule has 0 spiro atoms.